The van der Waals surface area contributed by atoms with Crippen LogP contribution in [0.2, 0.25) is 0 Å². The quantitative estimate of drug-likeness (QED) is 0.0362. The third kappa shape index (κ3) is 14.7. The lowest BCUT2D eigenvalue weighted by Gasteiger charge is -2.36. The summed E-state index contributed by atoms with van der Waals surface area (Å²) in [5, 5.41) is 6.74. The van der Waals surface area contributed by atoms with E-state index >= 15 is 0 Å². The van der Waals surface area contributed by atoms with E-state index in [4.69, 9.17) is 28.4 Å². The maximum Gasteiger partial charge on any atom is 0.256 e. The number of benzene rings is 5. The van der Waals surface area contributed by atoms with Crippen LogP contribution in [-0.4, -0.2) is 144 Å². The number of anilines is 3. The largest absolute Gasteiger partial charge is 0.493 e. The summed E-state index contributed by atoms with van der Waals surface area (Å²) in [6.45, 7) is 16.4. The van der Waals surface area contributed by atoms with E-state index in [1.54, 1.807) is 31.1 Å². The first-order chi connectivity index (χ1) is 38.8. The first-order valence-corrected chi connectivity index (χ1v) is 30.5. The third-order valence-corrected chi connectivity index (χ3v) is 18.7. The number of rotatable bonds is 28. The number of carbonyl (C=O) groups excluding carboxylic acids is 3. The van der Waals surface area contributed by atoms with Gasteiger partial charge < -0.3 is 58.7 Å². The number of likely N-dealkylation sites (N-methyl/N-ethyl adjacent to an activating group) is 2. The van der Waals surface area contributed by atoms with Crippen molar-refractivity contribution in [3.63, 3.8) is 0 Å². The zero-order valence-electron chi connectivity index (χ0n) is 47.7. The van der Waals surface area contributed by atoms with Crippen LogP contribution < -0.4 is 34.6 Å². The molecule has 4 aliphatic heterocycles. The van der Waals surface area contributed by atoms with Gasteiger partial charge in [-0.05, 0) is 116 Å². The summed E-state index contributed by atoms with van der Waals surface area (Å²) in [7, 11) is 8.98. The number of aryl methyl sites for hydroxylation is 1. The summed E-state index contributed by atoms with van der Waals surface area (Å²) < 4.78 is 36.4. The highest BCUT2D eigenvalue weighted by Crippen LogP contribution is 2.41. The van der Waals surface area contributed by atoms with Gasteiger partial charge in [-0.15, -0.1) is 0 Å². The number of Topliss-reactive ketones (excluding diaryl/α,β-unsaturated/α-hetero) is 1. The van der Waals surface area contributed by atoms with Gasteiger partial charge in [0.1, 0.15) is 24.7 Å². The first-order valence-electron chi connectivity index (χ1n) is 28.2. The maximum absolute atomic E-state index is 14.4. The van der Waals surface area contributed by atoms with E-state index in [9.17, 15) is 14.4 Å². The van der Waals surface area contributed by atoms with E-state index < -0.39 is 0 Å². The lowest BCUT2D eigenvalue weighted by molar-refractivity contribution is -0.118. The molecule has 0 saturated heterocycles. The van der Waals surface area contributed by atoms with Crippen molar-refractivity contribution in [2.75, 3.05) is 114 Å². The van der Waals surface area contributed by atoms with E-state index in [1.165, 1.54) is 22.3 Å². The molecule has 0 bridgehead atoms. The number of hydrogen-bond acceptors (Lipinski definition) is 15. The van der Waals surface area contributed by atoms with Gasteiger partial charge in [0.15, 0.2) is 11.5 Å². The molecule has 0 unspecified atom stereocenters. The summed E-state index contributed by atoms with van der Waals surface area (Å²) in [4.78, 5) is 49.7. The highest BCUT2D eigenvalue weighted by atomic mass is 33.1. The molecule has 4 heterocycles. The molecule has 2 N–H and O–H groups in total. The van der Waals surface area contributed by atoms with Crippen molar-refractivity contribution in [2.24, 2.45) is 0 Å². The number of amides is 2. The molecule has 15 nitrogen and oxygen atoms in total. The van der Waals surface area contributed by atoms with Crippen LogP contribution in [0, 0.1) is 6.92 Å². The Morgan fingerprint density at radius 1 is 0.762 bits per heavy atom. The number of methoxy groups -OCH3 is 2. The van der Waals surface area contributed by atoms with Crippen LogP contribution in [0.4, 0.5) is 17.1 Å². The number of ether oxygens (including phenoxy) is 6. The van der Waals surface area contributed by atoms with Crippen molar-refractivity contribution in [1.82, 2.24) is 15.1 Å². The van der Waals surface area contributed by atoms with Crippen LogP contribution in [0.25, 0.3) is 0 Å². The molecule has 4 aliphatic rings. The van der Waals surface area contributed by atoms with Crippen molar-refractivity contribution < 1.29 is 42.8 Å². The standard InChI is InChI=1S/C63H80N6O9S2/c1-8-64-36-53(70)18-13-25-79-80-63(3,4)42-67(19-20-75-23-24-76-22-21-73-6)50-28-44(40-77-58-34-57-55(26-43(58)2)62(72)69-38-49-17-12-10-15-47(49)31-52(69)39-66(57)5)27-45(29-50)41-78-60-33-56-54(32-59(60)74-7)61(71)68-37-48-16-11-9-14-46(48)30-51(68)35-65-56/h9-12,14-17,26-29,32-34,51-52,64-65H,8,13,18-25,30-31,35-42H2,1-7H3/t51-,52-/m0/s1. The molecule has 0 spiro atoms. The van der Waals surface area contributed by atoms with Crippen molar-refractivity contribution in [3.8, 4) is 17.2 Å². The maximum atomic E-state index is 14.4. The van der Waals surface area contributed by atoms with Crippen molar-refractivity contribution in [2.45, 2.75) is 96.5 Å². The van der Waals surface area contributed by atoms with Gasteiger partial charge in [0.05, 0.1) is 81.3 Å². The number of hydrogen-bond donors (Lipinski definition) is 2. The Labute approximate surface area is 481 Å². The molecule has 80 heavy (non-hydrogen) atoms. The van der Waals surface area contributed by atoms with Crippen LogP contribution in [0.15, 0.2) is 91.0 Å². The van der Waals surface area contributed by atoms with Crippen molar-refractivity contribution >= 4 is 56.2 Å². The van der Waals surface area contributed by atoms with E-state index in [2.05, 4.69) is 102 Å². The monoisotopic (exact) mass is 1130 g/mol. The van der Waals surface area contributed by atoms with E-state index in [0.29, 0.717) is 119 Å². The van der Waals surface area contributed by atoms with Crippen molar-refractivity contribution in [3.05, 3.63) is 141 Å². The Hall–Kier alpha value is -5.95. The van der Waals surface area contributed by atoms with Crippen LogP contribution in [0.5, 0.6) is 17.2 Å². The average Bonchev–Trinajstić information content (AvgIpc) is 3.78. The van der Waals surface area contributed by atoms with Gasteiger partial charge in [0.2, 0.25) is 0 Å². The highest BCUT2D eigenvalue weighted by molar-refractivity contribution is 8.77. The topological polar surface area (TPSA) is 144 Å². The van der Waals surface area contributed by atoms with Crippen LogP contribution >= 0.6 is 21.6 Å². The van der Waals surface area contributed by atoms with E-state index in [0.717, 1.165) is 59.6 Å². The number of ketones is 1. The zero-order valence-corrected chi connectivity index (χ0v) is 49.4. The Kier molecular flexibility index (Phi) is 20.3. The average molecular weight is 1130 g/mol. The van der Waals surface area contributed by atoms with E-state index in [1.807, 2.05) is 58.7 Å². The van der Waals surface area contributed by atoms with Gasteiger partial charge >= 0.3 is 0 Å². The smallest absolute Gasteiger partial charge is 0.256 e. The molecule has 0 saturated carbocycles. The summed E-state index contributed by atoms with van der Waals surface area (Å²) >= 11 is 0. The summed E-state index contributed by atoms with van der Waals surface area (Å²) in [6, 6.07) is 31.1. The molecule has 5 aromatic rings. The van der Waals surface area contributed by atoms with Crippen LogP contribution in [0.3, 0.4) is 0 Å². The number of carbonyl (C=O) groups is 3. The third-order valence-electron chi connectivity index (χ3n) is 15.3. The molecule has 0 fully saturated rings. The Balaban J connectivity index is 0.981. The van der Waals surface area contributed by atoms with E-state index in [-0.39, 0.29) is 47.6 Å². The summed E-state index contributed by atoms with van der Waals surface area (Å²) in [5.41, 5.74) is 11.5. The lowest BCUT2D eigenvalue weighted by atomic mass is 9.93. The Bertz CT molecular complexity index is 2960. The molecule has 5 aromatic carbocycles. The Morgan fingerprint density at radius 2 is 1.40 bits per heavy atom. The summed E-state index contributed by atoms with van der Waals surface area (Å²) in [5.74, 6) is 2.83. The number of fused-ring (bicyclic) bond motifs is 6. The normalized spacial score (nSPS) is 16.5. The van der Waals surface area contributed by atoms with Crippen LogP contribution in [0.1, 0.15) is 93.3 Å². The molecule has 0 aromatic heterocycles. The fourth-order valence-corrected chi connectivity index (χ4v) is 13.7. The van der Waals surface area contributed by atoms with Crippen molar-refractivity contribution in [1.29, 1.82) is 0 Å². The number of nitrogens with one attached hydrogen (secondary N) is 2. The fourth-order valence-electron chi connectivity index (χ4n) is 11.1. The van der Waals surface area contributed by atoms with Gasteiger partial charge in [0.25, 0.3) is 11.8 Å². The van der Waals surface area contributed by atoms with Gasteiger partial charge in [0, 0.05) is 88.2 Å². The predicted molar refractivity (Wildman–Crippen MR) is 321 cm³/mol. The zero-order chi connectivity index (χ0) is 56.2. The molecule has 2 atom stereocenters. The molecule has 2 amide bonds. The summed E-state index contributed by atoms with van der Waals surface area (Å²) in [6.07, 6.45) is 2.99. The molecule has 428 valence electrons. The van der Waals surface area contributed by atoms with Gasteiger partial charge in [-0.2, -0.15) is 0 Å². The SMILES string of the molecule is CCNCC(=O)CCCSSC(C)(C)CN(CCOCCOCCOC)c1cc(COc2cc3c(cc2C)C(=O)N2Cc4ccccc4C[C@H]2CN3C)cc(COc2cc3c(cc2OC)C(=O)N2Cc4ccccc4C[C@H]2CN3)c1. The predicted octanol–water partition coefficient (Wildman–Crippen LogP) is 9.78. The molecule has 0 radical (unpaired) electrons. The van der Waals surface area contributed by atoms with Crippen LogP contribution in [-0.2, 0) is 58.2 Å². The lowest BCUT2D eigenvalue weighted by Crippen LogP contribution is -2.47. The molecule has 0 aliphatic carbocycles. The Morgan fingerprint density at radius 3 is 2.09 bits per heavy atom. The van der Waals surface area contributed by atoms with Gasteiger partial charge in [-0.3, -0.25) is 14.4 Å². The highest BCUT2D eigenvalue weighted by Gasteiger charge is 2.37. The minimum Gasteiger partial charge on any atom is -0.493 e. The minimum absolute atomic E-state index is 0.00983. The van der Waals surface area contributed by atoms with Gasteiger partial charge in [-0.25, -0.2) is 0 Å². The molecular weight excluding hydrogens is 1050 g/mol. The molecule has 9 rings (SSSR count). The second-order valence-corrected chi connectivity index (χ2v) is 25.0. The minimum atomic E-state index is -0.208. The van der Waals surface area contributed by atoms with Gasteiger partial charge in [-0.1, -0.05) is 77.0 Å². The number of nitrogens with zero attached hydrogens (tertiary/aromatic N) is 4. The first kappa shape index (κ1) is 58.7. The molecular formula is C63H80N6O9S2. The molecule has 17 heteroatoms. The fraction of sp³-hybridized carbons (Fsp3) is 0.476. The second-order valence-electron chi connectivity index (χ2n) is 21.9. The second kappa shape index (κ2) is 27.7.